The molecule has 0 saturated heterocycles. The van der Waals surface area contributed by atoms with Gasteiger partial charge in [-0.1, -0.05) is 18.2 Å². The van der Waals surface area contributed by atoms with Crippen LogP contribution in [-0.2, 0) is 11.2 Å². The molecule has 3 rings (SSSR count). The van der Waals surface area contributed by atoms with Crippen LogP contribution in [-0.4, -0.2) is 11.1 Å². The number of carbonyl (C=O) groups is 1. The normalized spacial score (nSPS) is 15.5. The minimum absolute atomic E-state index is 0.127. The predicted octanol–water partition coefficient (Wildman–Crippen LogP) is 3.41. The summed E-state index contributed by atoms with van der Waals surface area (Å²) in [6.07, 6.45) is 2.71. The van der Waals surface area contributed by atoms with E-state index in [0.717, 1.165) is 16.2 Å². The summed E-state index contributed by atoms with van der Waals surface area (Å²) in [4.78, 5) is 12.2. The first-order valence-electron chi connectivity index (χ1n) is 5.47. The molecule has 1 aromatic carbocycles. The second kappa shape index (κ2) is 3.59. The minimum Gasteiger partial charge on any atom is -0.481 e. The van der Waals surface area contributed by atoms with E-state index in [1.165, 1.54) is 23.1 Å². The number of aliphatic carboxylic acids is 1. The van der Waals surface area contributed by atoms with Crippen LogP contribution in [0.5, 0.6) is 0 Å². The lowest BCUT2D eigenvalue weighted by molar-refractivity contribution is -0.136. The Morgan fingerprint density at radius 3 is 2.94 bits per heavy atom. The number of benzene rings is 1. The number of rotatable bonds is 3. The molecule has 0 bridgehead atoms. The fourth-order valence-corrected chi connectivity index (χ4v) is 3.35. The summed E-state index contributed by atoms with van der Waals surface area (Å²) in [6.45, 7) is 0. The van der Waals surface area contributed by atoms with Crippen LogP contribution in [0.1, 0.15) is 29.2 Å². The highest BCUT2D eigenvalue weighted by molar-refractivity contribution is 7.19. The first-order valence-corrected chi connectivity index (χ1v) is 6.29. The smallest absolute Gasteiger partial charge is 0.307 e. The molecule has 1 aliphatic carbocycles. The van der Waals surface area contributed by atoms with Gasteiger partial charge in [0.2, 0.25) is 0 Å². The monoisotopic (exact) mass is 232 g/mol. The lowest BCUT2D eigenvalue weighted by Gasteiger charge is -1.98. The molecule has 3 heteroatoms. The van der Waals surface area contributed by atoms with E-state index in [1.54, 1.807) is 11.3 Å². The van der Waals surface area contributed by atoms with Crippen molar-refractivity contribution in [2.24, 2.45) is 0 Å². The zero-order chi connectivity index (χ0) is 11.1. The highest BCUT2D eigenvalue weighted by Crippen LogP contribution is 2.45. The average molecular weight is 232 g/mol. The van der Waals surface area contributed by atoms with Crippen LogP contribution in [0.2, 0.25) is 0 Å². The Labute approximate surface area is 97.5 Å². The summed E-state index contributed by atoms with van der Waals surface area (Å²) in [5.74, 6) is -0.0102. The third kappa shape index (κ3) is 1.71. The Morgan fingerprint density at radius 2 is 2.25 bits per heavy atom. The number of carboxylic acids is 1. The Balaban J connectivity index is 2.09. The minimum atomic E-state index is -0.756. The highest BCUT2D eigenvalue weighted by atomic mass is 32.1. The average Bonchev–Trinajstić information content (AvgIpc) is 2.98. The third-order valence-corrected chi connectivity index (χ3v) is 4.36. The van der Waals surface area contributed by atoms with Gasteiger partial charge >= 0.3 is 5.97 Å². The van der Waals surface area contributed by atoms with Crippen molar-refractivity contribution in [2.45, 2.75) is 25.2 Å². The maximum Gasteiger partial charge on any atom is 0.307 e. The van der Waals surface area contributed by atoms with Gasteiger partial charge in [-0.2, -0.15) is 0 Å². The Kier molecular flexibility index (Phi) is 2.21. The third-order valence-electron chi connectivity index (χ3n) is 2.97. The Hall–Kier alpha value is -1.35. The number of hydrogen-bond donors (Lipinski definition) is 1. The summed E-state index contributed by atoms with van der Waals surface area (Å²) in [7, 11) is 0. The van der Waals surface area contributed by atoms with E-state index in [0.29, 0.717) is 0 Å². The van der Waals surface area contributed by atoms with Gasteiger partial charge in [-0.3, -0.25) is 4.79 Å². The summed E-state index contributed by atoms with van der Waals surface area (Å²) in [6, 6.07) is 8.17. The van der Waals surface area contributed by atoms with Crippen LogP contribution in [0.4, 0.5) is 0 Å². The molecule has 1 N–H and O–H groups in total. The van der Waals surface area contributed by atoms with E-state index >= 15 is 0 Å². The fraction of sp³-hybridized carbons (Fsp3) is 0.308. The molecule has 0 amide bonds. The van der Waals surface area contributed by atoms with E-state index in [4.69, 9.17) is 5.11 Å². The van der Waals surface area contributed by atoms with Crippen molar-refractivity contribution in [1.82, 2.24) is 0 Å². The molecule has 1 aromatic heterocycles. The van der Waals surface area contributed by atoms with Gasteiger partial charge < -0.3 is 5.11 Å². The summed E-state index contributed by atoms with van der Waals surface area (Å²) in [5, 5.41) is 10.1. The molecule has 16 heavy (non-hydrogen) atoms. The van der Waals surface area contributed by atoms with E-state index in [9.17, 15) is 4.79 Å². The second-order valence-electron chi connectivity index (χ2n) is 4.33. The molecule has 0 aliphatic heterocycles. The molecule has 0 radical (unpaired) electrons. The number of fused-ring (bicyclic) bond motifs is 1. The fourth-order valence-electron chi connectivity index (χ4n) is 2.01. The van der Waals surface area contributed by atoms with Gasteiger partial charge in [0, 0.05) is 9.58 Å². The summed E-state index contributed by atoms with van der Waals surface area (Å²) < 4.78 is 1.16. The molecule has 1 saturated carbocycles. The predicted molar refractivity (Wildman–Crippen MR) is 65.1 cm³/mol. The number of hydrogen-bond acceptors (Lipinski definition) is 2. The van der Waals surface area contributed by atoms with Crippen molar-refractivity contribution >= 4 is 27.4 Å². The largest absolute Gasteiger partial charge is 0.481 e. The van der Waals surface area contributed by atoms with Crippen LogP contribution in [0.15, 0.2) is 24.3 Å². The topological polar surface area (TPSA) is 37.3 Å². The van der Waals surface area contributed by atoms with Gasteiger partial charge in [0.05, 0.1) is 6.42 Å². The molecule has 1 aliphatic rings. The molecule has 82 valence electrons. The van der Waals surface area contributed by atoms with Gasteiger partial charge in [-0.25, -0.2) is 0 Å². The Bertz CT molecular complexity index is 552. The van der Waals surface area contributed by atoms with Gasteiger partial charge in [0.15, 0.2) is 0 Å². The molecule has 1 heterocycles. The van der Waals surface area contributed by atoms with Crippen molar-refractivity contribution in [3.8, 4) is 0 Å². The van der Waals surface area contributed by atoms with Gasteiger partial charge in [-0.15, -0.1) is 11.3 Å². The molecule has 0 atom stereocenters. The van der Waals surface area contributed by atoms with E-state index in [-0.39, 0.29) is 6.42 Å². The maximum absolute atomic E-state index is 10.8. The Morgan fingerprint density at radius 1 is 1.44 bits per heavy atom. The highest BCUT2D eigenvalue weighted by Gasteiger charge is 2.25. The van der Waals surface area contributed by atoms with Crippen molar-refractivity contribution < 1.29 is 9.90 Å². The molecular formula is C13H12O2S. The van der Waals surface area contributed by atoms with E-state index in [1.807, 2.05) is 12.1 Å². The van der Waals surface area contributed by atoms with Crippen molar-refractivity contribution in [2.75, 3.05) is 0 Å². The first kappa shape index (κ1) is 9.85. The molecule has 2 aromatic rings. The van der Waals surface area contributed by atoms with E-state index in [2.05, 4.69) is 12.1 Å². The molecule has 0 unspecified atom stereocenters. The van der Waals surface area contributed by atoms with Crippen LogP contribution in [0, 0.1) is 0 Å². The number of thiophene rings is 1. The van der Waals surface area contributed by atoms with E-state index < -0.39 is 5.97 Å². The maximum atomic E-state index is 10.8. The lowest BCUT2D eigenvalue weighted by atomic mass is 10.1. The van der Waals surface area contributed by atoms with Crippen molar-refractivity contribution in [3.05, 3.63) is 34.7 Å². The standard InChI is InChI=1S/C13H12O2S/c14-12(15)7-10-3-1-2-9-6-11(8-4-5-8)16-13(9)10/h1-3,6,8H,4-5,7H2,(H,14,15). The molecule has 1 fully saturated rings. The molecular weight excluding hydrogens is 220 g/mol. The van der Waals surface area contributed by atoms with Gasteiger partial charge in [-0.05, 0) is 35.8 Å². The molecule has 0 spiro atoms. The molecule has 2 nitrogen and oxygen atoms in total. The van der Waals surface area contributed by atoms with Crippen LogP contribution in [0.25, 0.3) is 10.1 Å². The number of carboxylic acid groups (broad SMARTS) is 1. The lowest BCUT2D eigenvalue weighted by Crippen LogP contribution is -1.99. The zero-order valence-corrected chi connectivity index (χ0v) is 9.59. The summed E-state index contributed by atoms with van der Waals surface area (Å²) in [5.41, 5.74) is 0.946. The van der Waals surface area contributed by atoms with Crippen molar-refractivity contribution in [3.63, 3.8) is 0 Å². The second-order valence-corrected chi connectivity index (χ2v) is 5.41. The zero-order valence-electron chi connectivity index (χ0n) is 8.77. The van der Waals surface area contributed by atoms with Crippen LogP contribution >= 0.6 is 11.3 Å². The van der Waals surface area contributed by atoms with Crippen molar-refractivity contribution in [1.29, 1.82) is 0 Å². The van der Waals surface area contributed by atoms with Gasteiger partial charge in [0.1, 0.15) is 0 Å². The van der Waals surface area contributed by atoms with Crippen LogP contribution in [0.3, 0.4) is 0 Å². The SMILES string of the molecule is O=C(O)Cc1cccc2cc(C3CC3)sc12. The quantitative estimate of drug-likeness (QED) is 0.880. The van der Waals surface area contributed by atoms with Crippen LogP contribution < -0.4 is 0 Å². The summed E-state index contributed by atoms with van der Waals surface area (Å²) >= 11 is 1.77. The van der Waals surface area contributed by atoms with Gasteiger partial charge in [0.25, 0.3) is 0 Å². The first-order chi connectivity index (χ1) is 7.74.